The van der Waals surface area contributed by atoms with E-state index >= 15 is 0 Å². The molecule has 3 rings (SSSR count). The summed E-state index contributed by atoms with van der Waals surface area (Å²) in [6.07, 6.45) is 5.58. The molecule has 0 atom stereocenters. The smallest absolute Gasteiger partial charge is 0.235 e. The van der Waals surface area contributed by atoms with Gasteiger partial charge in [-0.15, -0.1) is 0 Å². The highest BCUT2D eigenvalue weighted by Gasteiger charge is 2.42. The molecule has 1 aliphatic rings. The van der Waals surface area contributed by atoms with E-state index in [0.29, 0.717) is 31.4 Å². The molecule has 28 heavy (non-hydrogen) atoms. The second-order valence-electron chi connectivity index (χ2n) is 7.50. The Labute approximate surface area is 167 Å². The third-order valence-corrected chi connectivity index (χ3v) is 5.45. The van der Waals surface area contributed by atoms with E-state index in [2.05, 4.69) is 41.5 Å². The molecule has 1 fully saturated rings. The van der Waals surface area contributed by atoms with Crippen molar-refractivity contribution >= 4 is 11.6 Å². The molecule has 5 nitrogen and oxygen atoms in total. The van der Waals surface area contributed by atoms with Crippen LogP contribution in [0.5, 0.6) is 5.88 Å². The van der Waals surface area contributed by atoms with Crippen LogP contribution in [0, 0.1) is 13.8 Å². The number of nitrogens with zero attached hydrogens (tertiary/aromatic N) is 1. The molecule has 0 aliphatic heterocycles. The van der Waals surface area contributed by atoms with E-state index in [-0.39, 0.29) is 5.91 Å². The van der Waals surface area contributed by atoms with E-state index in [1.54, 1.807) is 6.20 Å². The number of aryl methyl sites for hydroxylation is 2. The summed E-state index contributed by atoms with van der Waals surface area (Å²) in [6, 6.07) is 10.3. The van der Waals surface area contributed by atoms with Crippen molar-refractivity contribution in [2.75, 3.05) is 25.1 Å². The summed E-state index contributed by atoms with van der Waals surface area (Å²) in [5.41, 5.74) is 3.46. The summed E-state index contributed by atoms with van der Waals surface area (Å²) < 4.78 is 10.9. The lowest BCUT2D eigenvalue weighted by Gasteiger charge is -2.28. The number of anilines is 1. The zero-order chi connectivity index (χ0) is 20.0. The van der Waals surface area contributed by atoms with Gasteiger partial charge in [-0.1, -0.05) is 42.7 Å². The molecule has 0 unspecified atom stereocenters. The van der Waals surface area contributed by atoms with Crippen LogP contribution in [0.4, 0.5) is 5.69 Å². The van der Waals surface area contributed by atoms with Gasteiger partial charge < -0.3 is 14.8 Å². The van der Waals surface area contributed by atoms with Gasteiger partial charge in [0.1, 0.15) is 6.61 Å². The van der Waals surface area contributed by atoms with Gasteiger partial charge in [-0.25, -0.2) is 4.98 Å². The number of pyridine rings is 1. The highest BCUT2D eigenvalue weighted by molar-refractivity contribution is 5.99. The Bertz CT molecular complexity index is 796. The summed E-state index contributed by atoms with van der Waals surface area (Å²) in [5, 5.41) is 3.10. The average Bonchev–Trinajstić information content (AvgIpc) is 3.18. The first-order valence-electron chi connectivity index (χ1n) is 10.1. The fraction of sp³-hybridized carbons (Fsp3) is 0.478. The first-order valence-corrected chi connectivity index (χ1v) is 10.1. The third-order valence-electron chi connectivity index (χ3n) is 5.45. The Kier molecular flexibility index (Phi) is 6.68. The van der Waals surface area contributed by atoms with E-state index in [9.17, 15) is 4.79 Å². The molecule has 5 heteroatoms. The fourth-order valence-electron chi connectivity index (χ4n) is 3.87. The van der Waals surface area contributed by atoms with Crippen LogP contribution in [0.2, 0.25) is 0 Å². The maximum atomic E-state index is 13.3. The van der Waals surface area contributed by atoms with Crippen LogP contribution in [0.1, 0.15) is 49.3 Å². The standard InChI is InChI=1S/C23H30N2O3/c1-4-27-13-14-28-21-18(3)15-20(16-24-21)25-22(26)23(11-5-6-12-23)19-9-7-17(2)8-10-19/h7-10,15-16H,4-6,11-14H2,1-3H3,(H,25,26). The van der Waals surface area contributed by atoms with Crippen molar-refractivity contribution in [2.24, 2.45) is 0 Å². The van der Waals surface area contributed by atoms with Crippen molar-refractivity contribution in [3.63, 3.8) is 0 Å². The van der Waals surface area contributed by atoms with Crippen molar-refractivity contribution in [3.8, 4) is 5.88 Å². The van der Waals surface area contributed by atoms with Gasteiger partial charge >= 0.3 is 0 Å². The zero-order valence-electron chi connectivity index (χ0n) is 17.1. The van der Waals surface area contributed by atoms with Gasteiger partial charge in [0.2, 0.25) is 11.8 Å². The number of amides is 1. The molecule has 150 valence electrons. The van der Waals surface area contributed by atoms with E-state index < -0.39 is 5.41 Å². The van der Waals surface area contributed by atoms with Gasteiger partial charge in [0.05, 0.1) is 23.9 Å². The minimum absolute atomic E-state index is 0.0556. The molecule has 0 bridgehead atoms. The van der Waals surface area contributed by atoms with E-state index in [4.69, 9.17) is 9.47 Å². The molecular weight excluding hydrogens is 352 g/mol. The van der Waals surface area contributed by atoms with Crippen molar-refractivity contribution < 1.29 is 14.3 Å². The SMILES string of the molecule is CCOCCOc1ncc(NC(=O)C2(c3ccc(C)cc3)CCCC2)cc1C. The molecule has 1 aromatic heterocycles. The molecule has 0 spiro atoms. The van der Waals surface area contributed by atoms with Gasteiger partial charge in [0.25, 0.3) is 0 Å². The van der Waals surface area contributed by atoms with Crippen LogP contribution >= 0.6 is 0 Å². The van der Waals surface area contributed by atoms with Crippen molar-refractivity contribution in [1.29, 1.82) is 0 Å². The Morgan fingerprint density at radius 3 is 2.50 bits per heavy atom. The van der Waals surface area contributed by atoms with Crippen molar-refractivity contribution in [1.82, 2.24) is 4.98 Å². The van der Waals surface area contributed by atoms with Crippen molar-refractivity contribution in [3.05, 3.63) is 53.2 Å². The predicted molar refractivity (Wildman–Crippen MR) is 111 cm³/mol. The summed E-state index contributed by atoms with van der Waals surface area (Å²) >= 11 is 0. The second-order valence-corrected chi connectivity index (χ2v) is 7.50. The Morgan fingerprint density at radius 1 is 1.14 bits per heavy atom. The maximum absolute atomic E-state index is 13.3. The second kappa shape index (κ2) is 9.20. The highest BCUT2D eigenvalue weighted by Crippen LogP contribution is 2.42. The number of carbonyl (C=O) groups excluding carboxylic acids is 1. The average molecular weight is 383 g/mol. The van der Waals surface area contributed by atoms with Crippen LogP contribution in [0.15, 0.2) is 36.5 Å². The van der Waals surface area contributed by atoms with Crippen LogP contribution < -0.4 is 10.1 Å². The molecule has 0 saturated heterocycles. The molecule has 2 aromatic rings. The first kappa shape index (κ1) is 20.3. The van der Waals surface area contributed by atoms with Gasteiger partial charge in [-0.05, 0) is 45.2 Å². The molecule has 1 N–H and O–H groups in total. The Balaban J connectivity index is 1.72. The topological polar surface area (TPSA) is 60.5 Å². The molecule has 1 aliphatic carbocycles. The van der Waals surface area contributed by atoms with E-state index in [0.717, 1.165) is 36.8 Å². The molecule has 0 radical (unpaired) electrons. The molecular formula is C23H30N2O3. The Morgan fingerprint density at radius 2 is 1.86 bits per heavy atom. The summed E-state index contributed by atoms with van der Waals surface area (Å²) in [5.74, 6) is 0.631. The highest BCUT2D eigenvalue weighted by atomic mass is 16.5. The third kappa shape index (κ3) is 4.53. The number of nitrogens with one attached hydrogen (secondary N) is 1. The molecule has 1 amide bonds. The zero-order valence-corrected chi connectivity index (χ0v) is 17.1. The lowest BCUT2D eigenvalue weighted by molar-refractivity contribution is -0.121. The van der Waals surface area contributed by atoms with Gasteiger partial charge in [-0.2, -0.15) is 0 Å². The summed E-state index contributed by atoms with van der Waals surface area (Å²) in [7, 11) is 0. The van der Waals surface area contributed by atoms with Crippen LogP contribution in [-0.2, 0) is 14.9 Å². The summed E-state index contributed by atoms with van der Waals surface area (Å²) in [4.78, 5) is 17.6. The monoisotopic (exact) mass is 382 g/mol. The number of rotatable bonds is 8. The molecule has 1 heterocycles. The lowest BCUT2D eigenvalue weighted by Crippen LogP contribution is -2.38. The van der Waals surface area contributed by atoms with Crippen LogP contribution in [-0.4, -0.2) is 30.7 Å². The minimum atomic E-state index is -0.450. The number of ether oxygens (including phenoxy) is 2. The Hall–Kier alpha value is -2.40. The van der Waals surface area contributed by atoms with E-state index in [1.807, 2.05) is 19.9 Å². The number of hydrogen-bond donors (Lipinski definition) is 1. The molecule has 1 saturated carbocycles. The van der Waals surface area contributed by atoms with Gasteiger partial charge in [-0.3, -0.25) is 4.79 Å². The number of carbonyl (C=O) groups is 1. The normalized spacial score (nSPS) is 15.4. The van der Waals surface area contributed by atoms with Crippen molar-refractivity contribution in [2.45, 2.75) is 51.9 Å². The number of hydrogen-bond acceptors (Lipinski definition) is 4. The largest absolute Gasteiger partial charge is 0.475 e. The maximum Gasteiger partial charge on any atom is 0.235 e. The van der Waals surface area contributed by atoms with Crippen LogP contribution in [0.25, 0.3) is 0 Å². The van der Waals surface area contributed by atoms with E-state index in [1.165, 1.54) is 5.56 Å². The minimum Gasteiger partial charge on any atom is -0.475 e. The number of benzene rings is 1. The first-order chi connectivity index (χ1) is 13.5. The summed E-state index contributed by atoms with van der Waals surface area (Å²) in [6.45, 7) is 7.62. The fourth-order valence-corrected chi connectivity index (χ4v) is 3.87. The van der Waals surface area contributed by atoms with Gasteiger partial charge in [0.15, 0.2) is 0 Å². The predicted octanol–water partition coefficient (Wildman–Crippen LogP) is 4.56. The lowest BCUT2D eigenvalue weighted by atomic mass is 9.77. The van der Waals surface area contributed by atoms with Gasteiger partial charge in [0, 0.05) is 12.2 Å². The number of aromatic nitrogens is 1. The molecule has 1 aromatic carbocycles. The quantitative estimate of drug-likeness (QED) is 0.680. The van der Waals surface area contributed by atoms with Crippen LogP contribution in [0.3, 0.4) is 0 Å².